The van der Waals surface area contributed by atoms with Crippen LogP contribution in [-0.4, -0.2) is 56.9 Å². The Balaban J connectivity index is 0.00000220. The molecule has 1 heterocycles. The molecule has 0 spiro atoms. The van der Waals surface area contributed by atoms with E-state index in [0.717, 1.165) is 39.0 Å². The summed E-state index contributed by atoms with van der Waals surface area (Å²) in [6.45, 7) is 3.72. The lowest BCUT2D eigenvalue weighted by Crippen LogP contribution is -2.34. The Bertz CT molecular complexity index is 317. The van der Waals surface area contributed by atoms with Crippen molar-refractivity contribution in [3.05, 3.63) is 0 Å². The number of hydrogen-bond acceptors (Lipinski definition) is 4. The zero-order valence-electron chi connectivity index (χ0n) is 13.0. The van der Waals surface area contributed by atoms with Gasteiger partial charge in [0.25, 0.3) is 0 Å². The number of methoxy groups -OCH3 is 1. The molecule has 1 saturated heterocycles. The first-order valence-electron chi connectivity index (χ1n) is 7.80. The van der Waals surface area contributed by atoms with Crippen LogP contribution in [0.1, 0.15) is 32.1 Å². The summed E-state index contributed by atoms with van der Waals surface area (Å²) in [7, 11) is 1.67. The first-order chi connectivity index (χ1) is 9.70. The summed E-state index contributed by atoms with van der Waals surface area (Å²) in [6, 6.07) is 0.231. The van der Waals surface area contributed by atoms with E-state index in [-0.39, 0.29) is 24.4 Å². The van der Waals surface area contributed by atoms with Crippen LogP contribution >= 0.6 is 12.4 Å². The Morgan fingerprint density at radius 2 is 2.10 bits per heavy atom. The molecule has 1 amide bonds. The molecule has 1 aliphatic carbocycles. The highest BCUT2D eigenvalue weighted by molar-refractivity contribution is 5.85. The van der Waals surface area contributed by atoms with E-state index < -0.39 is 0 Å². The first kappa shape index (κ1) is 18.7. The van der Waals surface area contributed by atoms with Gasteiger partial charge in [-0.3, -0.25) is 4.79 Å². The fraction of sp³-hybridized carbons (Fsp3) is 0.933. The van der Waals surface area contributed by atoms with Gasteiger partial charge in [-0.2, -0.15) is 0 Å². The highest BCUT2D eigenvalue weighted by atomic mass is 35.5. The number of hydrogen-bond donors (Lipinski definition) is 1. The lowest BCUT2D eigenvalue weighted by Gasteiger charge is -2.21. The Kier molecular flexibility index (Phi) is 8.56. The summed E-state index contributed by atoms with van der Waals surface area (Å²) < 4.78 is 10.5. The summed E-state index contributed by atoms with van der Waals surface area (Å²) in [6.07, 6.45) is 5.06. The van der Waals surface area contributed by atoms with Crippen molar-refractivity contribution in [2.45, 2.75) is 38.1 Å². The Hall–Kier alpha value is -0.360. The third-order valence-electron chi connectivity index (χ3n) is 4.58. The third-order valence-corrected chi connectivity index (χ3v) is 4.58. The largest absolute Gasteiger partial charge is 0.382 e. The molecular formula is C15H29ClN2O3. The maximum absolute atomic E-state index is 12.3. The zero-order valence-corrected chi connectivity index (χ0v) is 13.8. The molecular weight excluding hydrogens is 292 g/mol. The van der Waals surface area contributed by atoms with Gasteiger partial charge in [-0.1, -0.05) is 6.42 Å². The minimum Gasteiger partial charge on any atom is -0.382 e. The predicted molar refractivity (Wildman–Crippen MR) is 84.6 cm³/mol. The van der Waals surface area contributed by atoms with Crippen molar-refractivity contribution in [1.29, 1.82) is 0 Å². The number of halogens is 1. The summed E-state index contributed by atoms with van der Waals surface area (Å²) in [5, 5.41) is 0. The molecule has 0 bridgehead atoms. The smallest absolute Gasteiger partial charge is 0.222 e. The van der Waals surface area contributed by atoms with E-state index in [1.54, 1.807) is 7.11 Å². The molecule has 1 saturated carbocycles. The molecule has 0 aromatic rings. The predicted octanol–water partition coefficient (Wildman–Crippen LogP) is 1.44. The monoisotopic (exact) mass is 320 g/mol. The van der Waals surface area contributed by atoms with Crippen LogP contribution < -0.4 is 5.73 Å². The van der Waals surface area contributed by atoms with Crippen LogP contribution in [0.4, 0.5) is 0 Å². The molecule has 0 aromatic heterocycles. The fourth-order valence-corrected chi connectivity index (χ4v) is 3.26. The number of rotatable bonds is 7. The summed E-state index contributed by atoms with van der Waals surface area (Å²) in [5.74, 6) is 1.17. The van der Waals surface area contributed by atoms with Crippen molar-refractivity contribution in [3.63, 3.8) is 0 Å². The molecule has 2 fully saturated rings. The quantitative estimate of drug-likeness (QED) is 0.721. The first-order valence-corrected chi connectivity index (χ1v) is 7.80. The van der Waals surface area contributed by atoms with Gasteiger partial charge < -0.3 is 20.1 Å². The second-order valence-corrected chi connectivity index (χ2v) is 6.12. The summed E-state index contributed by atoms with van der Waals surface area (Å²) in [5.41, 5.74) is 6.04. The minimum atomic E-state index is 0. The van der Waals surface area contributed by atoms with E-state index >= 15 is 0 Å². The van der Waals surface area contributed by atoms with Crippen LogP contribution in [0.15, 0.2) is 0 Å². The zero-order chi connectivity index (χ0) is 14.4. The molecule has 5 nitrogen and oxygen atoms in total. The number of likely N-dealkylation sites (tertiary alicyclic amines) is 1. The van der Waals surface area contributed by atoms with E-state index in [2.05, 4.69) is 0 Å². The van der Waals surface area contributed by atoms with E-state index in [4.69, 9.17) is 15.2 Å². The van der Waals surface area contributed by atoms with Crippen LogP contribution in [0.5, 0.6) is 0 Å². The van der Waals surface area contributed by atoms with Gasteiger partial charge in [0.1, 0.15) is 0 Å². The second-order valence-electron chi connectivity index (χ2n) is 6.12. The van der Waals surface area contributed by atoms with Crippen molar-refractivity contribution in [3.8, 4) is 0 Å². The summed E-state index contributed by atoms with van der Waals surface area (Å²) >= 11 is 0. The lowest BCUT2D eigenvalue weighted by molar-refractivity contribution is -0.131. The van der Waals surface area contributed by atoms with Crippen molar-refractivity contribution < 1.29 is 14.3 Å². The van der Waals surface area contributed by atoms with Crippen molar-refractivity contribution in [2.75, 3.05) is 40.0 Å². The second kappa shape index (κ2) is 9.62. The fourth-order valence-electron chi connectivity index (χ4n) is 3.26. The normalized spacial score (nSPS) is 28.7. The maximum Gasteiger partial charge on any atom is 0.222 e. The van der Waals surface area contributed by atoms with Gasteiger partial charge in [0, 0.05) is 38.6 Å². The van der Waals surface area contributed by atoms with E-state index in [9.17, 15) is 4.79 Å². The van der Waals surface area contributed by atoms with Gasteiger partial charge in [-0.05, 0) is 25.2 Å². The van der Waals surface area contributed by atoms with E-state index in [1.165, 1.54) is 6.42 Å². The third kappa shape index (κ3) is 5.74. The number of ether oxygens (including phenoxy) is 2. The number of nitrogens with zero attached hydrogens (tertiary/aromatic N) is 1. The maximum atomic E-state index is 12.3. The van der Waals surface area contributed by atoms with Gasteiger partial charge in [0.2, 0.25) is 5.91 Å². The SMILES string of the molecule is COCCOCC1CCN(C(=O)C[C@@H]2CCC[C@H]2N)C1.Cl. The highest BCUT2D eigenvalue weighted by Crippen LogP contribution is 2.28. The Morgan fingerprint density at radius 1 is 1.29 bits per heavy atom. The van der Waals surface area contributed by atoms with E-state index in [1.807, 2.05) is 4.90 Å². The van der Waals surface area contributed by atoms with Crippen LogP contribution in [-0.2, 0) is 14.3 Å². The summed E-state index contributed by atoms with van der Waals surface area (Å²) in [4.78, 5) is 14.3. The molecule has 0 aromatic carbocycles. The van der Waals surface area contributed by atoms with Gasteiger partial charge in [-0.15, -0.1) is 12.4 Å². The standard InChI is InChI=1S/C15H28N2O3.ClH/c1-19-7-8-20-11-12-5-6-17(10-12)15(18)9-13-3-2-4-14(13)16;/h12-14H,2-11,16H2,1H3;1H/t12?,13-,14+;/m0./s1. The number of carbonyl (C=O) groups is 1. The van der Waals surface area contributed by atoms with Crippen LogP contribution in [0.2, 0.25) is 0 Å². The van der Waals surface area contributed by atoms with Crippen molar-refractivity contribution in [1.82, 2.24) is 4.90 Å². The van der Waals surface area contributed by atoms with Gasteiger partial charge in [-0.25, -0.2) is 0 Å². The molecule has 124 valence electrons. The molecule has 21 heavy (non-hydrogen) atoms. The molecule has 2 N–H and O–H groups in total. The number of amides is 1. The Morgan fingerprint density at radius 3 is 2.76 bits per heavy atom. The van der Waals surface area contributed by atoms with Crippen molar-refractivity contribution >= 4 is 18.3 Å². The van der Waals surface area contributed by atoms with Gasteiger partial charge in [0.05, 0.1) is 19.8 Å². The molecule has 1 unspecified atom stereocenters. The molecule has 6 heteroatoms. The Labute approximate surface area is 133 Å². The average molecular weight is 321 g/mol. The molecule has 3 atom stereocenters. The average Bonchev–Trinajstić information content (AvgIpc) is 3.05. The van der Waals surface area contributed by atoms with Gasteiger partial charge >= 0.3 is 0 Å². The van der Waals surface area contributed by atoms with Crippen LogP contribution in [0.25, 0.3) is 0 Å². The molecule has 1 aliphatic heterocycles. The topological polar surface area (TPSA) is 64.8 Å². The number of carbonyl (C=O) groups excluding carboxylic acids is 1. The molecule has 2 aliphatic rings. The van der Waals surface area contributed by atoms with E-state index in [0.29, 0.717) is 31.5 Å². The minimum absolute atomic E-state index is 0. The van der Waals surface area contributed by atoms with Crippen LogP contribution in [0, 0.1) is 11.8 Å². The molecule has 2 rings (SSSR count). The lowest BCUT2D eigenvalue weighted by atomic mass is 9.99. The van der Waals surface area contributed by atoms with Crippen molar-refractivity contribution in [2.24, 2.45) is 17.6 Å². The van der Waals surface area contributed by atoms with Gasteiger partial charge in [0.15, 0.2) is 0 Å². The number of nitrogens with two attached hydrogens (primary N) is 1. The van der Waals surface area contributed by atoms with Crippen LogP contribution in [0.3, 0.4) is 0 Å². The molecule has 0 radical (unpaired) electrons. The highest BCUT2D eigenvalue weighted by Gasteiger charge is 2.31.